The molecule has 102 valence electrons. The molecule has 1 heterocycles. The SMILES string of the molecule is CC1(C)CCCC1C(=O)N1C[C@@H](O)C[C@H]1C(=O)O. The standard InChI is InChI=1S/C13H21NO4/c1-13(2)5-3-4-9(13)11(16)14-7-8(15)6-10(14)12(17)18/h8-10,15H,3-7H2,1-2H3,(H,17,18)/t8-,9?,10-/m0/s1. The van der Waals surface area contributed by atoms with Gasteiger partial charge in [0.25, 0.3) is 0 Å². The van der Waals surface area contributed by atoms with E-state index in [4.69, 9.17) is 5.11 Å². The lowest BCUT2D eigenvalue weighted by Crippen LogP contribution is -2.45. The molecular formula is C13H21NO4. The molecule has 1 amide bonds. The summed E-state index contributed by atoms with van der Waals surface area (Å²) in [5.41, 5.74) is -0.0618. The summed E-state index contributed by atoms with van der Waals surface area (Å²) < 4.78 is 0. The van der Waals surface area contributed by atoms with Gasteiger partial charge in [0.05, 0.1) is 6.10 Å². The van der Waals surface area contributed by atoms with E-state index >= 15 is 0 Å². The van der Waals surface area contributed by atoms with E-state index in [1.165, 1.54) is 4.90 Å². The number of carboxylic acids is 1. The average molecular weight is 255 g/mol. The molecule has 3 atom stereocenters. The van der Waals surface area contributed by atoms with Crippen LogP contribution in [0.5, 0.6) is 0 Å². The van der Waals surface area contributed by atoms with E-state index in [2.05, 4.69) is 13.8 Å². The molecule has 0 spiro atoms. The predicted octanol–water partition coefficient (Wildman–Crippen LogP) is 0.859. The summed E-state index contributed by atoms with van der Waals surface area (Å²) in [5, 5.41) is 18.7. The highest BCUT2D eigenvalue weighted by atomic mass is 16.4. The molecular weight excluding hydrogens is 234 g/mol. The third-order valence-corrected chi connectivity index (χ3v) is 4.40. The number of hydrogen-bond donors (Lipinski definition) is 2. The van der Waals surface area contributed by atoms with Crippen LogP contribution in [0, 0.1) is 11.3 Å². The van der Waals surface area contributed by atoms with Gasteiger partial charge in [0, 0.05) is 18.9 Å². The van der Waals surface area contributed by atoms with Crippen molar-refractivity contribution < 1.29 is 19.8 Å². The highest BCUT2D eigenvalue weighted by molar-refractivity contribution is 5.86. The Morgan fingerprint density at radius 2 is 2.00 bits per heavy atom. The van der Waals surface area contributed by atoms with Gasteiger partial charge in [-0.1, -0.05) is 20.3 Å². The molecule has 2 fully saturated rings. The summed E-state index contributed by atoms with van der Waals surface area (Å²) in [6.07, 6.45) is 2.27. The van der Waals surface area contributed by atoms with Gasteiger partial charge < -0.3 is 15.1 Å². The highest BCUT2D eigenvalue weighted by Gasteiger charge is 2.46. The summed E-state index contributed by atoms with van der Waals surface area (Å²) in [7, 11) is 0. The smallest absolute Gasteiger partial charge is 0.326 e. The Morgan fingerprint density at radius 1 is 1.33 bits per heavy atom. The van der Waals surface area contributed by atoms with Crippen LogP contribution in [-0.2, 0) is 9.59 Å². The number of aliphatic carboxylic acids is 1. The topological polar surface area (TPSA) is 77.8 Å². The van der Waals surface area contributed by atoms with Crippen LogP contribution in [0.3, 0.4) is 0 Å². The van der Waals surface area contributed by atoms with Crippen molar-refractivity contribution in [2.45, 2.75) is 51.7 Å². The first-order chi connectivity index (χ1) is 8.33. The number of rotatable bonds is 2. The van der Waals surface area contributed by atoms with Crippen LogP contribution < -0.4 is 0 Å². The van der Waals surface area contributed by atoms with E-state index in [0.29, 0.717) is 0 Å². The molecule has 0 bridgehead atoms. The van der Waals surface area contributed by atoms with Crippen LogP contribution in [0.15, 0.2) is 0 Å². The van der Waals surface area contributed by atoms with Gasteiger partial charge in [-0.25, -0.2) is 4.79 Å². The fraction of sp³-hybridized carbons (Fsp3) is 0.846. The second-order valence-electron chi connectivity index (χ2n) is 6.17. The van der Waals surface area contributed by atoms with E-state index in [1.807, 2.05) is 0 Å². The van der Waals surface area contributed by atoms with Crippen LogP contribution in [-0.4, -0.2) is 45.7 Å². The molecule has 5 heteroatoms. The van der Waals surface area contributed by atoms with Gasteiger partial charge in [0.1, 0.15) is 6.04 Å². The van der Waals surface area contributed by atoms with Crippen molar-refractivity contribution in [2.24, 2.45) is 11.3 Å². The Hall–Kier alpha value is -1.10. The molecule has 1 aliphatic carbocycles. The van der Waals surface area contributed by atoms with Gasteiger partial charge >= 0.3 is 5.97 Å². The van der Waals surface area contributed by atoms with Crippen molar-refractivity contribution in [1.29, 1.82) is 0 Å². The number of likely N-dealkylation sites (tertiary alicyclic amines) is 1. The molecule has 1 saturated carbocycles. The number of carboxylic acid groups (broad SMARTS) is 1. The monoisotopic (exact) mass is 255 g/mol. The fourth-order valence-electron chi connectivity index (χ4n) is 3.28. The van der Waals surface area contributed by atoms with Gasteiger partial charge in [-0.3, -0.25) is 4.79 Å². The average Bonchev–Trinajstić information content (AvgIpc) is 2.80. The number of aliphatic hydroxyl groups excluding tert-OH is 1. The summed E-state index contributed by atoms with van der Waals surface area (Å²) in [6, 6.07) is -0.858. The predicted molar refractivity (Wildman–Crippen MR) is 64.9 cm³/mol. The van der Waals surface area contributed by atoms with E-state index in [-0.39, 0.29) is 30.2 Å². The van der Waals surface area contributed by atoms with E-state index in [9.17, 15) is 14.7 Å². The van der Waals surface area contributed by atoms with E-state index in [0.717, 1.165) is 19.3 Å². The van der Waals surface area contributed by atoms with Crippen LogP contribution in [0.1, 0.15) is 39.5 Å². The molecule has 18 heavy (non-hydrogen) atoms. The maximum Gasteiger partial charge on any atom is 0.326 e. The number of β-amino-alcohol motifs (C(OH)–C–C–N with tert-alkyl or cyclic N) is 1. The zero-order valence-electron chi connectivity index (χ0n) is 10.9. The molecule has 2 aliphatic rings. The van der Waals surface area contributed by atoms with Gasteiger partial charge in [0.2, 0.25) is 5.91 Å². The molecule has 1 saturated heterocycles. The van der Waals surface area contributed by atoms with Crippen LogP contribution in [0.25, 0.3) is 0 Å². The number of hydrogen-bond acceptors (Lipinski definition) is 3. The molecule has 2 N–H and O–H groups in total. The Morgan fingerprint density at radius 3 is 2.50 bits per heavy atom. The minimum absolute atomic E-state index is 0.0618. The summed E-state index contributed by atoms with van der Waals surface area (Å²) in [6.45, 7) is 4.28. The van der Waals surface area contributed by atoms with Crippen molar-refractivity contribution in [2.75, 3.05) is 6.54 Å². The number of carbonyl (C=O) groups is 2. The number of amides is 1. The lowest BCUT2D eigenvalue weighted by molar-refractivity contribution is -0.151. The lowest BCUT2D eigenvalue weighted by atomic mass is 9.81. The Balaban J connectivity index is 2.15. The second-order valence-corrected chi connectivity index (χ2v) is 6.17. The normalized spacial score (nSPS) is 34.8. The second kappa shape index (κ2) is 4.53. The van der Waals surface area contributed by atoms with Gasteiger partial charge in [0.15, 0.2) is 0 Å². The minimum atomic E-state index is -1.02. The Bertz CT molecular complexity index is 366. The number of carbonyl (C=O) groups excluding carboxylic acids is 1. The molecule has 1 aliphatic heterocycles. The van der Waals surface area contributed by atoms with Crippen molar-refractivity contribution in [3.63, 3.8) is 0 Å². The lowest BCUT2D eigenvalue weighted by Gasteiger charge is -2.31. The fourth-order valence-corrected chi connectivity index (χ4v) is 3.28. The maximum atomic E-state index is 12.5. The largest absolute Gasteiger partial charge is 0.480 e. The molecule has 0 radical (unpaired) electrons. The molecule has 5 nitrogen and oxygen atoms in total. The van der Waals surface area contributed by atoms with Gasteiger partial charge in [-0.05, 0) is 18.3 Å². The third-order valence-electron chi connectivity index (χ3n) is 4.40. The van der Waals surface area contributed by atoms with Gasteiger partial charge in [-0.2, -0.15) is 0 Å². The zero-order chi connectivity index (χ0) is 13.5. The summed E-state index contributed by atoms with van der Waals surface area (Å²) in [4.78, 5) is 25.0. The quantitative estimate of drug-likeness (QED) is 0.767. The highest BCUT2D eigenvalue weighted by Crippen LogP contribution is 2.44. The van der Waals surface area contributed by atoms with Crippen molar-refractivity contribution in [3.8, 4) is 0 Å². The van der Waals surface area contributed by atoms with Gasteiger partial charge in [-0.15, -0.1) is 0 Å². The third kappa shape index (κ3) is 2.23. The molecule has 0 aromatic rings. The summed E-state index contributed by atoms with van der Waals surface area (Å²) >= 11 is 0. The first-order valence-electron chi connectivity index (χ1n) is 6.54. The molecule has 0 aromatic carbocycles. The van der Waals surface area contributed by atoms with Crippen LogP contribution in [0.2, 0.25) is 0 Å². The molecule has 2 rings (SSSR count). The van der Waals surface area contributed by atoms with Crippen molar-refractivity contribution >= 4 is 11.9 Å². The van der Waals surface area contributed by atoms with E-state index < -0.39 is 18.1 Å². The van der Waals surface area contributed by atoms with Crippen LogP contribution >= 0.6 is 0 Å². The van der Waals surface area contributed by atoms with Crippen LogP contribution in [0.4, 0.5) is 0 Å². The molecule has 0 aromatic heterocycles. The maximum absolute atomic E-state index is 12.5. The number of nitrogens with zero attached hydrogens (tertiary/aromatic N) is 1. The summed E-state index contributed by atoms with van der Waals surface area (Å²) in [5.74, 6) is -1.22. The Kier molecular flexibility index (Phi) is 3.36. The first-order valence-corrected chi connectivity index (χ1v) is 6.54. The van der Waals surface area contributed by atoms with Crippen molar-refractivity contribution in [1.82, 2.24) is 4.90 Å². The zero-order valence-corrected chi connectivity index (χ0v) is 10.9. The molecule has 1 unspecified atom stereocenters. The number of aliphatic hydroxyl groups is 1. The van der Waals surface area contributed by atoms with E-state index in [1.54, 1.807) is 0 Å². The minimum Gasteiger partial charge on any atom is -0.480 e. The van der Waals surface area contributed by atoms with Crippen molar-refractivity contribution in [3.05, 3.63) is 0 Å². The Labute approximate surface area is 107 Å². The first kappa shape index (κ1) is 13.3.